The third kappa shape index (κ3) is 4.20. The first-order valence-corrected chi connectivity index (χ1v) is 6.15. The third-order valence-electron chi connectivity index (χ3n) is 2.74. The Labute approximate surface area is 119 Å². The molecular formula is C11H19N3O7. The Morgan fingerprint density at radius 3 is 2.29 bits per heavy atom. The molecule has 1 saturated heterocycles. The SMILES string of the molecule is Nc1ccn([C@@H]2O[C@H](CO)[C@@H](O)[C@H]2O)c(=O)n1.OCCO. The van der Waals surface area contributed by atoms with Crippen molar-refractivity contribution in [3.05, 3.63) is 22.7 Å². The zero-order valence-corrected chi connectivity index (χ0v) is 11.1. The van der Waals surface area contributed by atoms with Crippen LogP contribution in [0.2, 0.25) is 0 Å². The molecule has 10 nitrogen and oxygen atoms in total. The van der Waals surface area contributed by atoms with E-state index < -0.39 is 36.8 Å². The van der Waals surface area contributed by atoms with Gasteiger partial charge in [-0.15, -0.1) is 0 Å². The standard InChI is InChI=1S/C9H13N3O5.C2H6O2/c10-5-1-2-12(9(16)11-5)8-7(15)6(14)4(3-13)17-8;3-1-2-4/h1-2,4,6-8,13-15H,3H2,(H2,10,11,16);3-4H,1-2H2/t4-,6-,7-,8-;/m1./s1. The fourth-order valence-electron chi connectivity index (χ4n) is 1.73. The molecule has 0 radical (unpaired) electrons. The van der Waals surface area contributed by atoms with E-state index in [9.17, 15) is 15.0 Å². The maximum absolute atomic E-state index is 11.5. The Bertz CT molecular complexity index is 493. The van der Waals surface area contributed by atoms with E-state index in [1.54, 1.807) is 0 Å². The molecule has 2 rings (SSSR count). The summed E-state index contributed by atoms with van der Waals surface area (Å²) in [5, 5.41) is 43.4. The lowest BCUT2D eigenvalue weighted by atomic mass is 10.1. The Morgan fingerprint density at radius 2 is 1.86 bits per heavy atom. The van der Waals surface area contributed by atoms with Gasteiger partial charge in [-0.3, -0.25) is 4.57 Å². The maximum atomic E-state index is 11.5. The molecule has 7 N–H and O–H groups in total. The molecule has 0 amide bonds. The number of nitrogens with two attached hydrogens (primary N) is 1. The van der Waals surface area contributed by atoms with Crippen LogP contribution in [0.1, 0.15) is 6.23 Å². The normalized spacial score (nSPS) is 28.0. The van der Waals surface area contributed by atoms with Crippen molar-refractivity contribution < 1.29 is 30.3 Å². The summed E-state index contributed by atoms with van der Waals surface area (Å²) in [6.07, 6.45) is -3.27. The van der Waals surface area contributed by atoms with E-state index >= 15 is 0 Å². The first-order valence-electron chi connectivity index (χ1n) is 6.15. The molecule has 0 bridgehead atoms. The summed E-state index contributed by atoms with van der Waals surface area (Å²) >= 11 is 0. The van der Waals surface area contributed by atoms with Crippen molar-refractivity contribution in [1.82, 2.24) is 9.55 Å². The molecule has 0 saturated carbocycles. The van der Waals surface area contributed by atoms with E-state index in [2.05, 4.69) is 4.98 Å². The van der Waals surface area contributed by atoms with Crippen LogP contribution in [0.25, 0.3) is 0 Å². The topological polar surface area (TPSA) is 171 Å². The number of nitrogens with zero attached hydrogens (tertiary/aromatic N) is 2. The number of aromatic nitrogens is 2. The first-order chi connectivity index (χ1) is 9.96. The molecule has 0 aliphatic carbocycles. The van der Waals surface area contributed by atoms with Gasteiger partial charge in [0, 0.05) is 6.20 Å². The summed E-state index contributed by atoms with van der Waals surface area (Å²) in [6, 6.07) is 1.37. The molecular weight excluding hydrogens is 286 g/mol. The summed E-state index contributed by atoms with van der Waals surface area (Å²) in [5.74, 6) is 0.0537. The average molecular weight is 305 g/mol. The minimum Gasteiger partial charge on any atom is -0.394 e. The largest absolute Gasteiger partial charge is 0.394 e. The summed E-state index contributed by atoms with van der Waals surface area (Å²) in [6.45, 7) is -0.703. The monoisotopic (exact) mass is 305 g/mol. The van der Waals surface area contributed by atoms with Gasteiger partial charge in [-0.25, -0.2) is 4.79 Å². The minimum absolute atomic E-state index is 0.0537. The zero-order valence-electron chi connectivity index (χ0n) is 11.1. The van der Waals surface area contributed by atoms with Gasteiger partial charge in [0.2, 0.25) is 0 Å². The zero-order chi connectivity index (χ0) is 16.0. The molecule has 4 atom stereocenters. The van der Waals surface area contributed by atoms with Crippen LogP contribution in [-0.2, 0) is 4.74 Å². The third-order valence-corrected chi connectivity index (χ3v) is 2.74. The maximum Gasteiger partial charge on any atom is 0.351 e. The summed E-state index contributed by atoms with van der Waals surface area (Å²) in [4.78, 5) is 15.0. The number of anilines is 1. The van der Waals surface area contributed by atoms with E-state index in [1.807, 2.05) is 0 Å². The number of ether oxygens (including phenoxy) is 1. The van der Waals surface area contributed by atoms with Crippen LogP contribution in [-0.4, -0.2) is 73.2 Å². The highest BCUT2D eigenvalue weighted by Crippen LogP contribution is 2.27. The van der Waals surface area contributed by atoms with E-state index in [0.29, 0.717) is 0 Å². The van der Waals surface area contributed by atoms with Crippen molar-refractivity contribution in [2.45, 2.75) is 24.5 Å². The predicted molar refractivity (Wildman–Crippen MR) is 70.1 cm³/mol. The lowest BCUT2D eigenvalue weighted by Crippen LogP contribution is -2.36. The highest BCUT2D eigenvalue weighted by atomic mass is 16.6. The van der Waals surface area contributed by atoms with Gasteiger partial charge in [-0.2, -0.15) is 4.98 Å². The first kappa shape index (κ1) is 17.5. The van der Waals surface area contributed by atoms with Gasteiger partial charge in [0.05, 0.1) is 19.8 Å². The molecule has 0 unspecified atom stereocenters. The van der Waals surface area contributed by atoms with Gasteiger partial charge < -0.3 is 36.0 Å². The van der Waals surface area contributed by atoms with Crippen molar-refractivity contribution in [3.8, 4) is 0 Å². The minimum atomic E-state index is -1.31. The van der Waals surface area contributed by atoms with E-state index in [0.717, 1.165) is 4.57 Å². The van der Waals surface area contributed by atoms with Crippen LogP contribution in [0.15, 0.2) is 17.1 Å². The van der Waals surface area contributed by atoms with Crippen LogP contribution < -0.4 is 11.4 Å². The van der Waals surface area contributed by atoms with Crippen LogP contribution in [0.5, 0.6) is 0 Å². The van der Waals surface area contributed by atoms with Crippen molar-refractivity contribution >= 4 is 5.82 Å². The fourth-order valence-corrected chi connectivity index (χ4v) is 1.73. The highest BCUT2D eigenvalue weighted by Gasteiger charge is 2.43. The van der Waals surface area contributed by atoms with Gasteiger partial charge in [0.25, 0.3) is 0 Å². The molecule has 21 heavy (non-hydrogen) atoms. The number of rotatable bonds is 3. The molecule has 1 aromatic heterocycles. The molecule has 1 aromatic rings. The Morgan fingerprint density at radius 1 is 1.24 bits per heavy atom. The van der Waals surface area contributed by atoms with Crippen molar-refractivity contribution in [2.24, 2.45) is 0 Å². The van der Waals surface area contributed by atoms with Crippen LogP contribution in [0.3, 0.4) is 0 Å². The quantitative estimate of drug-likeness (QED) is 0.330. The van der Waals surface area contributed by atoms with Crippen LogP contribution in [0.4, 0.5) is 5.82 Å². The van der Waals surface area contributed by atoms with E-state index in [-0.39, 0.29) is 19.0 Å². The highest BCUT2D eigenvalue weighted by molar-refractivity contribution is 5.23. The number of aliphatic hydroxyl groups excluding tert-OH is 5. The lowest BCUT2D eigenvalue weighted by molar-refractivity contribution is -0.0549. The molecule has 120 valence electrons. The predicted octanol–water partition coefficient (Wildman–Crippen LogP) is -3.59. The van der Waals surface area contributed by atoms with Gasteiger partial charge in [-0.1, -0.05) is 0 Å². The molecule has 0 spiro atoms. The smallest absolute Gasteiger partial charge is 0.351 e. The summed E-state index contributed by atoms with van der Waals surface area (Å²) in [5.41, 5.74) is 4.63. The number of hydrogen-bond acceptors (Lipinski definition) is 9. The molecule has 1 fully saturated rings. The number of hydrogen-bond donors (Lipinski definition) is 6. The van der Waals surface area contributed by atoms with Crippen molar-refractivity contribution in [3.63, 3.8) is 0 Å². The van der Waals surface area contributed by atoms with E-state index in [1.165, 1.54) is 12.3 Å². The Kier molecular flexibility index (Phi) is 6.68. The molecule has 2 heterocycles. The second kappa shape index (κ2) is 8.02. The van der Waals surface area contributed by atoms with Crippen LogP contribution in [0, 0.1) is 0 Å². The van der Waals surface area contributed by atoms with Gasteiger partial charge in [0.15, 0.2) is 6.23 Å². The number of aliphatic hydroxyl groups is 5. The molecule has 0 aromatic carbocycles. The lowest BCUT2D eigenvalue weighted by Gasteiger charge is -2.16. The molecule has 1 aliphatic rings. The van der Waals surface area contributed by atoms with Crippen LogP contribution >= 0.6 is 0 Å². The second-order valence-electron chi connectivity index (χ2n) is 4.22. The Hall–Kier alpha value is -1.56. The van der Waals surface area contributed by atoms with Crippen molar-refractivity contribution in [2.75, 3.05) is 25.6 Å². The van der Waals surface area contributed by atoms with Gasteiger partial charge >= 0.3 is 5.69 Å². The Balaban J connectivity index is 0.000000491. The number of nitrogen functional groups attached to an aromatic ring is 1. The molecule has 1 aliphatic heterocycles. The van der Waals surface area contributed by atoms with Gasteiger partial charge in [-0.05, 0) is 6.07 Å². The average Bonchev–Trinajstić information content (AvgIpc) is 2.75. The van der Waals surface area contributed by atoms with Crippen molar-refractivity contribution in [1.29, 1.82) is 0 Å². The molecule has 10 heteroatoms. The summed E-state index contributed by atoms with van der Waals surface area (Å²) < 4.78 is 6.19. The van der Waals surface area contributed by atoms with E-state index in [4.69, 9.17) is 25.8 Å². The second-order valence-corrected chi connectivity index (χ2v) is 4.22. The van der Waals surface area contributed by atoms with Gasteiger partial charge in [0.1, 0.15) is 24.1 Å². The fraction of sp³-hybridized carbons (Fsp3) is 0.636. The summed E-state index contributed by atoms with van der Waals surface area (Å²) in [7, 11) is 0.